The van der Waals surface area contributed by atoms with Crippen LogP contribution in [0.2, 0.25) is 0 Å². The van der Waals surface area contributed by atoms with Crippen LogP contribution in [0, 0.1) is 0 Å². The largest absolute Gasteiger partial charge is 0.497 e. The molecule has 1 fully saturated rings. The van der Waals surface area contributed by atoms with Gasteiger partial charge in [-0.25, -0.2) is 9.78 Å². The fourth-order valence-electron chi connectivity index (χ4n) is 6.37. The molecule has 0 spiro atoms. The third kappa shape index (κ3) is 4.84. The van der Waals surface area contributed by atoms with Crippen molar-refractivity contribution < 1.29 is 14.6 Å². The van der Waals surface area contributed by atoms with E-state index in [0.717, 1.165) is 62.1 Å². The average molecular weight is 574 g/mol. The van der Waals surface area contributed by atoms with Crippen LogP contribution >= 0.6 is 11.3 Å². The van der Waals surface area contributed by atoms with Crippen molar-refractivity contribution >= 4 is 38.4 Å². The quantitative estimate of drug-likeness (QED) is 0.207. The summed E-state index contributed by atoms with van der Waals surface area (Å²) in [5.41, 5.74) is 8.66. The molecule has 4 heterocycles. The van der Waals surface area contributed by atoms with Crippen LogP contribution in [-0.4, -0.2) is 32.7 Å². The molecule has 0 saturated heterocycles. The summed E-state index contributed by atoms with van der Waals surface area (Å²) in [4.78, 5) is 21.7. The van der Waals surface area contributed by atoms with E-state index in [-0.39, 0.29) is 0 Å². The molecule has 0 bridgehead atoms. The Balaban J connectivity index is 1.40. The molecule has 1 aliphatic carbocycles. The third-order valence-corrected chi connectivity index (χ3v) is 9.58. The number of hydrogen-bond acceptors (Lipinski definition) is 5. The molecule has 2 aromatic carbocycles. The van der Waals surface area contributed by atoms with Crippen molar-refractivity contribution in [3.05, 3.63) is 101 Å². The lowest BCUT2D eigenvalue weighted by Gasteiger charge is -2.24. The number of aromatic nitrogens is 3. The Kier molecular flexibility index (Phi) is 6.96. The molecule has 6 nitrogen and oxygen atoms in total. The van der Waals surface area contributed by atoms with Crippen molar-refractivity contribution in [2.24, 2.45) is 0 Å². The number of carboxylic acid groups (broad SMARTS) is 1. The van der Waals surface area contributed by atoms with Crippen LogP contribution in [0.5, 0.6) is 5.75 Å². The van der Waals surface area contributed by atoms with Crippen molar-refractivity contribution in [2.75, 3.05) is 7.11 Å². The Morgan fingerprint density at radius 2 is 1.71 bits per heavy atom. The van der Waals surface area contributed by atoms with Gasteiger partial charge in [0.15, 0.2) is 0 Å². The second-order valence-corrected chi connectivity index (χ2v) is 12.1. The predicted octanol–water partition coefficient (Wildman–Crippen LogP) is 8.78. The van der Waals surface area contributed by atoms with Gasteiger partial charge in [0.1, 0.15) is 10.6 Å². The summed E-state index contributed by atoms with van der Waals surface area (Å²) in [5.74, 6) is 0.358. The molecule has 0 amide bonds. The monoisotopic (exact) mass is 573 g/mol. The summed E-state index contributed by atoms with van der Waals surface area (Å²) >= 11 is 1.42. The number of carboxylic acids is 1. The smallest absolute Gasteiger partial charge is 0.345 e. The van der Waals surface area contributed by atoms with E-state index < -0.39 is 5.97 Å². The van der Waals surface area contributed by atoms with Crippen LogP contribution in [0.4, 0.5) is 0 Å². The molecule has 0 aliphatic heterocycles. The summed E-state index contributed by atoms with van der Waals surface area (Å²) in [6.45, 7) is 0.642. The van der Waals surface area contributed by atoms with E-state index in [1.165, 1.54) is 41.9 Å². The maximum Gasteiger partial charge on any atom is 0.345 e. The Morgan fingerprint density at radius 3 is 2.45 bits per heavy atom. The molecular weight excluding hydrogens is 542 g/mol. The number of aromatic carboxylic acids is 1. The fraction of sp³-hybridized carbons (Fsp3) is 0.229. The van der Waals surface area contributed by atoms with E-state index in [4.69, 9.17) is 9.72 Å². The fourth-order valence-corrected chi connectivity index (χ4v) is 7.49. The van der Waals surface area contributed by atoms with E-state index in [0.29, 0.717) is 17.3 Å². The van der Waals surface area contributed by atoms with Gasteiger partial charge in [-0.15, -0.1) is 11.3 Å². The first-order valence-corrected chi connectivity index (χ1v) is 15.2. The minimum Gasteiger partial charge on any atom is -0.497 e. The van der Waals surface area contributed by atoms with Crippen molar-refractivity contribution in [1.82, 2.24) is 14.5 Å². The number of ether oxygens (including phenoxy) is 1. The number of benzene rings is 2. The van der Waals surface area contributed by atoms with Crippen LogP contribution in [0.1, 0.15) is 58.8 Å². The van der Waals surface area contributed by atoms with E-state index in [2.05, 4.69) is 39.9 Å². The Morgan fingerprint density at radius 1 is 0.952 bits per heavy atom. The van der Waals surface area contributed by atoms with Crippen LogP contribution in [0.15, 0.2) is 85.2 Å². The molecule has 1 N–H and O–H groups in total. The molecule has 0 radical (unpaired) electrons. The summed E-state index contributed by atoms with van der Waals surface area (Å²) in [5, 5.41) is 11.0. The molecule has 7 rings (SSSR count). The number of hydrogen-bond donors (Lipinski definition) is 1. The van der Waals surface area contributed by atoms with Crippen molar-refractivity contribution in [2.45, 2.75) is 44.6 Å². The minimum absolute atomic E-state index is 0.390. The van der Waals surface area contributed by atoms with E-state index in [1.807, 2.05) is 54.9 Å². The summed E-state index contributed by atoms with van der Waals surface area (Å²) in [6.07, 6.45) is 9.55. The lowest BCUT2D eigenvalue weighted by atomic mass is 9.83. The van der Waals surface area contributed by atoms with Gasteiger partial charge in [0.05, 0.1) is 34.2 Å². The normalized spacial score (nSPS) is 14.0. The molecular formula is C35H31N3O3S. The third-order valence-electron chi connectivity index (χ3n) is 8.44. The van der Waals surface area contributed by atoms with Crippen molar-refractivity contribution in [1.29, 1.82) is 0 Å². The number of pyridine rings is 2. The molecule has 6 aromatic rings. The van der Waals surface area contributed by atoms with Crippen molar-refractivity contribution in [3.8, 4) is 28.3 Å². The van der Waals surface area contributed by atoms with Crippen LogP contribution in [0.3, 0.4) is 0 Å². The number of thiophene rings is 1. The number of rotatable bonds is 7. The molecule has 210 valence electrons. The van der Waals surface area contributed by atoms with Crippen molar-refractivity contribution in [3.63, 3.8) is 0 Å². The highest BCUT2D eigenvalue weighted by atomic mass is 32.1. The van der Waals surface area contributed by atoms with Crippen LogP contribution in [-0.2, 0) is 6.54 Å². The highest BCUT2D eigenvalue weighted by molar-refractivity contribution is 7.21. The summed E-state index contributed by atoms with van der Waals surface area (Å²) < 4.78 is 8.75. The second-order valence-electron chi connectivity index (χ2n) is 11.0. The first-order valence-electron chi connectivity index (χ1n) is 14.4. The van der Waals surface area contributed by atoms with Gasteiger partial charge in [-0.2, -0.15) is 0 Å². The first-order chi connectivity index (χ1) is 20.6. The number of carbonyl (C=O) groups is 1. The first kappa shape index (κ1) is 26.4. The lowest BCUT2D eigenvalue weighted by Crippen LogP contribution is -2.08. The molecule has 7 heteroatoms. The lowest BCUT2D eigenvalue weighted by molar-refractivity contribution is 0.0702. The SMILES string of the molecule is COc1ccc(-c2ccc3cc(-c4c(C5CCCCC5)c5sc(C(=O)O)cc5n4Cc4ccncc4)ccc3n2)cc1. The average Bonchev–Trinajstić information content (AvgIpc) is 3.60. The Labute approximate surface area is 248 Å². The van der Waals surface area contributed by atoms with Gasteiger partial charge in [-0.3, -0.25) is 4.98 Å². The van der Waals surface area contributed by atoms with Gasteiger partial charge in [-0.05, 0) is 96.1 Å². The predicted molar refractivity (Wildman–Crippen MR) is 169 cm³/mol. The molecule has 1 saturated carbocycles. The van der Waals surface area contributed by atoms with E-state index >= 15 is 0 Å². The van der Waals surface area contributed by atoms with Crippen LogP contribution in [0.25, 0.3) is 43.6 Å². The molecule has 0 atom stereocenters. The Hall–Kier alpha value is -4.49. The molecule has 42 heavy (non-hydrogen) atoms. The van der Waals surface area contributed by atoms with Crippen LogP contribution < -0.4 is 4.74 Å². The van der Waals surface area contributed by atoms with E-state index in [9.17, 15) is 9.90 Å². The summed E-state index contributed by atoms with van der Waals surface area (Å²) in [7, 11) is 1.67. The Bertz CT molecular complexity index is 1900. The molecule has 4 aromatic heterocycles. The number of methoxy groups -OCH3 is 1. The maximum absolute atomic E-state index is 12.1. The van der Waals surface area contributed by atoms with Gasteiger partial charge in [0.2, 0.25) is 0 Å². The zero-order valence-electron chi connectivity index (χ0n) is 23.4. The molecule has 0 unspecified atom stereocenters. The number of fused-ring (bicyclic) bond motifs is 2. The topological polar surface area (TPSA) is 77.2 Å². The maximum atomic E-state index is 12.1. The highest BCUT2D eigenvalue weighted by Crippen LogP contribution is 2.47. The minimum atomic E-state index is -0.868. The van der Waals surface area contributed by atoms with Gasteiger partial charge < -0.3 is 14.4 Å². The van der Waals surface area contributed by atoms with Gasteiger partial charge >= 0.3 is 5.97 Å². The molecule has 1 aliphatic rings. The van der Waals surface area contributed by atoms with Gasteiger partial charge in [-0.1, -0.05) is 31.4 Å². The van der Waals surface area contributed by atoms with Gasteiger partial charge in [0.25, 0.3) is 0 Å². The van der Waals surface area contributed by atoms with E-state index in [1.54, 1.807) is 7.11 Å². The summed E-state index contributed by atoms with van der Waals surface area (Å²) in [6, 6.07) is 24.7. The standard InChI is InChI=1S/C35H31N3O3S/c1-41-27-11-7-23(8-12-27)28-13-9-25-19-26(10-14-29(25)37-28)33-32(24-5-3-2-4-6-24)34-30(20-31(42-34)35(39)40)38(33)21-22-15-17-36-18-16-22/h7-20,24H,2-6,21H2,1H3,(H,39,40). The second kappa shape index (κ2) is 11.1. The zero-order chi connectivity index (χ0) is 28.6. The highest BCUT2D eigenvalue weighted by Gasteiger charge is 2.29. The van der Waals surface area contributed by atoms with Gasteiger partial charge in [0, 0.05) is 29.9 Å². The number of nitrogens with zero attached hydrogens (tertiary/aromatic N) is 3. The zero-order valence-corrected chi connectivity index (χ0v) is 24.2.